The highest BCUT2D eigenvalue weighted by atomic mass is 16.2. The molecule has 2 atom stereocenters. The van der Waals surface area contributed by atoms with Gasteiger partial charge in [-0.1, -0.05) is 13.8 Å². The summed E-state index contributed by atoms with van der Waals surface area (Å²) in [5.74, 6) is -0.202. The van der Waals surface area contributed by atoms with Crippen molar-refractivity contribution in [2.75, 3.05) is 26.2 Å². The van der Waals surface area contributed by atoms with Crippen molar-refractivity contribution in [2.24, 2.45) is 17.6 Å². The van der Waals surface area contributed by atoms with E-state index in [-0.39, 0.29) is 17.7 Å². The Morgan fingerprint density at radius 1 is 1.53 bits per heavy atom. The summed E-state index contributed by atoms with van der Waals surface area (Å²) in [7, 11) is 0. The second-order valence-electron chi connectivity index (χ2n) is 5.39. The Hall–Kier alpha value is -1.10. The maximum Gasteiger partial charge on any atom is 0.223 e. The number of rotatable bonds is 7. The summed E-state index contributed by atoms with van der Waals surface area (Å²) in [5.41, 5.74) is 5.15. The van der Waals surface area contributed by atoms with E-state index in [2.05, 4.69) is 17.1 Å². The molecule has 1 aliphatic heterocycles. The third-order valence-electron chi connectivity index (χ3n) is 3.76. The number of nitrogens with zero attached hydrogens (tertiary/aromatic N) is 1. The predicted molar refractivity (Wildman–Crippen MR) is 75.1 cm³/mol. The first-order valence-electron chi connectivity index (χ1n) is 7.15. The van der Waals surface area contributed by atoms with Gasteiger partial charge in [0.15, 0.2) is 0 Å². The molecule has 19 heavy (non-hydrogen) atoms. The lowest BCUT2D eigenvalue weighted by atomic mass is 9.98. The average molecular weight is 268 g/mol. The highest BCUT2D eigenvalue weighted by Gasteiger charge is 2.19. The van der Waals surface area contributed by atoms with Crippen molar-refractivity contribution < 1.29 is 9.59 Å². The number of nitrogens with one attached hydrogen (secondary N) is 1. The molecule has 109 valence electrons. The zero-order valence-corrected chi connectivity index (χ0v) is 12.0. The van der Waals surface area contributed by atoms with Crippen molar-refractivity contribution in [2.45, 2.75) is 33.1 Å². The number of carbonyl (C=O) groups is 2. The minimum absolute atomic E-state index is 0.0956. The molecule has 0 aliphatic carbocycles. The van der Waals surface area contributed by atoms with E-state index in [0.29, 0.717) is 12.3 Å². The smallest absolute Gasteiger partial charge is 0.223 e. The van der Waals surface area contributed by atoms with Gasteiger partial charge in [0.05, 0.1) is 6.42 Å². The fraction of sp³-hybridized carbons (Fsp3) is 0.786. The van der Waals surface area contributed by atoms with Crippen LogP contribution < -0.4 is 11.1 Å². The molecule has 1 saturated heterocycles. The average Bonchev–Trinajstić information content (AvgIpc) is 2.42. The molecule has 1 radical (unpaired) electrons. The van der Waals surface area contributed by atoms with Crippen molar-refractivity contribution in [1.29, 1.82) is 0 Å². The third-order valence-corrected chi connectivity index (χ3v) is 3.76. The van der Waals surface area contributed by atoms with Crippen LogP contribution in [0.1, 0.15) is 33.1 Å². The molecule has 1 fully saturated rings. The van der Waals surface area contributed by atoms with Crippen LogP contribution in [0.2, 0.25) is 0 Å². The van der Waals surface area contributed by atoms with Crippen LogP contribution in [0.25, 0.3) is 0 Å². The van der Waals surface area contributed by atoms with Gasteiger partial charge in [-0.15, -0.1) is 0 Å². The van der Waals surface area contributed by atoms with Gasteiger partial charge in [-0.3, -0.25) is 9.59 Å². The Morgan fingerprint density at radius 3 is 2.89 bits per heavy atom. The van der Waals surface area contributed by atoms with Crippen LogP contribution in [0, 0.1) is 18.3 Å². The molecule has 3 N–H and O–H groups in total. The van der Waals surface area contributed by atoms with E-state index in [1.807, 2.05) is 0 Å². The lowest BCUT2D eigenvalue weighted by Crippen LogP contribution is -2.40. The monoisotopic (exact) mass is 268 g/mol. The molecule has 5 heteroatoms. The summed E-state index contributed by atoms with van der Waals surface area (Å²) >= 11 is 0. The number of hydrogen-bond donors (Lipinski definition) is 2. The van der Waals surface area contributed by atoms with Crippen molar-refractivity contribution in [3.05, 3.63) is 6.42 Å². The van der Waals surface area contributed by atoms with Crippen molar-refractivity contribution in [1.82, 2.24) is 10.2 Å². The van der Waals surface area contributed by atoms with Gasteiger partial charge in [0.25, 0.3) is 0 Å². The number of nitrogens with two attached hydrogens (primary N) is 1. The third kappa shape index (κ3) is 6.05. The van der Waals surface area contributed by atoms with Crippen LogP contribution in [-0.4, -0.2) is 42.9 Å². The summed E-state index contributed by atoms with van der Waals surface area (Å²) in [5, 5.41) is 2.92. The molecule has 0 bridgehead atoms. The second kappa shape index (κ2) is 8.15. The number of primary amides is 1. The van der Waals surface area contributed by atoms with E-state index in [9.17, 15) is 9.59 Å². The minimum Gasteiger partial charge on any atom is -0.369 e. The van der Waals surface area contributed by atoms with Gasteiger partial charge in [0, 0.05) is 19.0 Å². The van der Waals surface area contributed by atoms with Crippen molar-refractivity contribution >= 4 is 11.8 Å². The quantitative estimate of drug-likeness (QED) is 0.708. The molecule has 1 rings (SSSR count). The lowest BCUT2D eigenvalue weighted by Gasteiger charge is -2.31. The van der Waals surface area contributed by atoms with Crippen molar-refractivity contribution in [3.63, 3.8) is 0 Å². The Balaban J connectivity index is 2.17. The van der Waals surface area contributed by atoms with Crippen LogP contribution in [0.15, 0.2) is 0 Å². The maximum atomic E-state index is 11.6. The number of piperidine rings is 1. The second-order valence-corrected chi connectivity index (χ2v) is 5.39. The van der Waals surface area contributed by atoms with E-state index in [1.165, 1.54) is 25.8 Å². The number of likely N-dealkylation sites (tertiary alicyclic amines) is 1. The fourth-order valence-corrected chi connectivity index (χ4v) is 2.32. The van der Waals surface area contributed by atoms with E-state index in [1.54, 1.807) is 6.92 Å². The van der Waals surface area contributed by atoms with Gasteiger partial charge in [-0.05, 0) is 38.3 Å². The van der Waals surface area contributed by atoms with Crippen LogP contribution in [-0.2, 0) is 9.59 Å². The van der Waals surface area contributed by atoms with E-state index >= 15 is 0 Å². The molecule has 0 aromatic carbocycles. The number of hydrogen-bond acceptors (Lipinski definition) is 3. The topological polar surface area (TPSA) is 75.4 Å². The molecule has 0 aromatic heterocycles. The summed E-state index contributed by atoms with van der Waals surface area (Å²) in [6, 6.07) is 0. The predicted octanol–water partition coefficient (Wildman–Crippen LogP) is 0.550. The largest absolute Gasteiger partial charge is 0.369 e. The highest BCUT2D eigenvalue weighted by molar-refractivity contribution is 5.85. The van der Waals surface area contributed by atoms with Gasteiger partial charge >= 0.3 is 0 Å². The van der Waals surface area contributed by atoms with Gasteiger partial charge in [0.1, 0.15) is 0 Å². The molecule has 2 amide bonds. The van der Waals surface area contributed by atoms with Gasteiger partial charge in [0.2, 0.25) is 11.8 Å². The molecular weight excluding hydrogens is 242 g/mol. The van der Waals surface area contributed by atoms with Crippen LogP contribution in [0.5, 0.6) is 0 Å². The SMILES string of the molecule is CCN1CCC[C@@H](CNC(=O)[CH]CC(C)C(N)=O)C1. The summed E-state index contributed by atoms with van der Waals surface area (Å²) in [4.78, 5) is 24.9. The molecule has 0 spiro atoms. The summed E-state index contributed by atoms with van der Waals surface area (Å²) < 4.78 is 0. The van der Waals surface area contributed by atoms with E-state index < -0.39 is 0 Å². The van der Waals surface area contributed by atoms with Gasteiger partial charge in [-0.2, -0.15) is 0 Å². The number of carbonyl (C=O) groups excluding carboxylic acids is 2. The standard InChI is InChI=1S/C14H26N3O2/c1-3-17-8-4-5-12(10-17)9-16-13(18)7-6-11(2)14(15)19/h7,11-12H,3-6,8-10H2,1-2H3,(H2,15,19)(H,16,18)/t11?,12-/m0/s1. The van der Waals surface area contributed by atoms with Gasteiger partial charge < -0.3 is 16.0 Å². The summed E-state index contributed by atoms with van der Waals surface area (Å²) in [6.07, 6.45) is 4.31. The first-order valence-corrected chi connectivity index (χ1v) is 7.15. The molecule has 1 heterocycles. The van der Waals surface area contributed by atoms with E-state index in [0.717, 1.165) is 19.6 Å². The van der Waals surface area contributed by atoms with Gasteiger partial charge in [-0.25, -0.2) is 0 Å². The molecule has 5 nitrogen and oxygen atoms in total. The highest BCUT2D eigenvalue weighted by Crippen LogP contribution is 2.15. The molecule has 1 unspecified atom stereocenters. The first-order chi connectivity index (χ1) is 9.02. The van der Waals surface area contributed by atoms with Crippen LogP contribution in [0.3, 0.4) is 0 Å². The van der Waals surface area contributed by atoms with E-state index in [4.69, 9.17) is 5.73 Å². The molecule has 0 aromatic rings. The first kappa shape index (κ1) is 16.0. The minimum atomic E-state index is -0.366. The lowest BCUT2D eigenvalue weighted by molar-refractivity contribution is -0.121. The molecular formula is C14H26N3O2. The number of amides is 2. The Kier molecular flexibility index (Phi) is 6.84. The Morgan fingerprint density at radius 2 is 2.26 bits per heavy atom. The van der Waals surface area contributed by atoms with Crippen molar-refractivity contribution in [3.8, 4) is 0 Å². The van der Waals surface area contributed by atoms with Crippen LogP contribution >= 0.6 is 0 Å². The Labute approximate surface area is 115 Å². The Bertz CT molecular complexity index is 307. The zero-order valence-electron chi connectivity index (χ0n) is 12.0. The normalized spacial score (nSPS) is 21.9. The summed E-state index contributed by atoms with van der Waals surface area (Å²) in [6.45, 7) is 7.92. The zero-order chi connectivity index (χ0) is 14.3. The van der Waals surface area contributed by atoms with Crippen LogP contribution in [0.4, 0.5) is 0 Å². The maximum absolute atomic E-state index is 11.6. The molecule has 1 aliphatic rings. The fourth-order valence-electron chi connectivity index (χ4n) is 2.32. The molecule has 0 saturated carbocycles.